The number of H-pyrrole nitrogens is 1. The number of phosphoric acid groups is 3. The molecule has 0 aromatic carbocycles. The molecule has 1 saturated heterocycles. The molecule has 0 amide bonds. The van der Waals surface area contributed by atoms with Crippen molar-refractivity contribution in [3.05, 3.63) is 27.7 Å². The summed E-state index contributed by atoms with van der Waals surface area (Å²) in [6, 6.07) is 0. The van der Waals surface area contributed by atoms with Gasteiger partial charge in [-0.05, 0) is 0 Å². The lowest BCUT2D eigenvalue weighted by Crippen LogP contribution is -2.26. The number of aromatic amines is 1. The van der Waals surface area contributed by atoms with Crippen molar-refractivity contribution in [1.82, 2.24) is 9.97 Å². The highest BCUT2D eigenvalue weighted by atomic mass is 31.3. The minimum atomic E-state index is -5.69. The Balaban J connectivity index is 1.73. The highest BCUT2D eigenvalue weighted by Gasteiger charge is 2.45. The Hall–Kier alpha value is -1.73. The van der Waals surface area contributed by atoms with Gasteiger partial charge in [0.25, 0.3) is 5.56 Å². The lowest BCUT2D eigenvalue weighted by atomic mass is 9.97. The Kier molecular flexibility index (Phi) is 8.22. The molecule has 1 aromatic heterocycles. The topological polar surface area (TPSA) is 287 Å². The van der Waals surface area contributed by atoms with Gasteiger partial charge in [0, 0.05) is 17.9 Å². The van der Waals surface area contributed by atoms with Crippen molar-refractivity contribution in [3.63, 3.8) is 0 Å². The standard InChI is InChI=1S/C15H21N4O13P3/c16-3-1-2-7-4-8(13-12(7)14(21)19-15(17)18-13)10-5-9(20)11(30-10)6-29-34(25,26)32-35(27,28)31-33(22,23)24/h4,8-11,20H,3,5-6,16H2,(H,25,26)(H,27,28)(H2,22,23,24)(H3,17,18,19,21)/t8?,9-,10-,11?/m1/s1. The number of aliphatic hydroxyl groups excluding tert-OH is 1. The van der Waals surface area contributed by atoms with Crippen molar-refractivity contribution < 1.29 is 56.3 Å². The van der Waals surface area contributed by atoms with E-state index in [9.17, 15) is 33.4 Å². The minimum absolute atomic E-state index is 0.0267. The van der Waals surface area contributed by atoms with Gasteiger partial charge in [-0.2, -0.15) is 8.62 Å². The molecule has 0 radical (unpaired) electrons. The summed E-state index contributed by atoms with van der Waals surface area (Å²) in [5.41, 5.74) is 11.2. The Labute approximate surface area is 196 Å². The van der Waals surface area contributed by atoms with Gasteiger partial charge in [0.05, 0.1) is 36.6 Å². The molecule has 20 heteroatoms. The first kappa shape index (κ1) is 27.9. The smallest absolute Gasteiger partial charge is 0.390 e. The highest BCUT2D eigenvalue weighted by molar-refractivity contribution is 7.66. The van der Waals surface area contributed by atoms with Gasteiger partial charge in [-0.15, -0.1) is 0 Å². The largest absolute Gasteiger partial charge is 0.490 e. The monoisotopic (exact) mass is 558 g/mol. The maximum Gasteiger partial charge on any atom is 0.490 e. The van der Waals surface area contributed by atoms with Gasteiger partial charge in [0.15, 0.2) is 0 Å². The van der Waals surface area contributed by atoms with Crippen LogP contribution in [-0.4, -0.2) is 66.1 Å². The van der Waals surface area contributed by atoms with Crippen LogP contribution >= 0.6 is 23.5 Å². The Bertz CT molecular complexity index is 1280. The zero-order valence-corrected chi connectivity index (χ0v) is 20.1. The van der Waals surface area contributed by atoms with Gasteiger partial charge in [0.1, 0.15) is 6.10 Å². The van der Waals surface area contributed by atoms with Gasteiger partial charge < -0.3 is 40.9 Å². The zero-order valence-electron chi connectivity index (χ0n) is 17.5. The van der Waals surface area contributed by atoms with Crippen LogP contribution in [0.5, 0.6) is 0 Å². The fraction of sp³-hybridized carbons (Fsp3) is 0.467. The van der Waals surface area contributed by atoms with Crippen LogP contribution in [0.2, 0.25) is 0 Å². The number of rotatable bonds is 8. The molecular formula is C15H21N4O13P3. The third-order valence-electron chi connectivity index (χ3n) is 4.69. The number of anilines is 1. The third-order valence-corrected chi connectivity index (χ3v) is 8.50. The van der Waals surface area contributed by atoms with Crippen LogP contribution in [0.3, 0.4) is 0 Å². The number of nitrogens with two attached hydrogens (primary N) is 2. The SMILES string of the molecule is NCC#CC1=CC([C@H]2C[C@@H](O)C(COP(=O)(O)OP(=O)(O)OP(=O)(O)O)O2)c2nc(N)[nH]c(=O)c21. The van der Waals surface area contributed by atoms with E-state index in [1.807, 2.05) is 0 Å². The van der Waals surface area contributed by atoms with E-state index < -0.39 is 59.9 Å². The minimum Gasteiger partial charge on any atom is -0.390 e. The molecule has 0 bridgehead atoms. The number of hydrogen-bond acceptors (Lipinski definition) is 12. The maximum atomic E-state index is 12.4. The van der Waals surface area contributed by atoms with E-state index in [1.165, 1.54) is 0 Å². The van der Waals surface area contributed by atoms with Crippen LogP contribution in [0, 0.1) is 11.8 Å². The van der Waals surface area contributed by atoms with Gasteiger partial charge in [-0.25, -0.2) is 18.7 Å². The van der Waals surface area contributed by atoms with Crippen LogP contribution < -0.4 is 17.0 Å². The van der Waals surface area contributed by atoms with Crippen LogP contribution in [-0.2, 0) is 31.6 Å². The Morgan fingerprint density at radius 3 is 2.51 bits per heavy atom. The second-order valence-corrected chi connectivity index (χ2v) is 11.6. The molecule has 17 nitrogen and oxygen atoms in total. The molecule has 1 aliphatic carbocycles. The number of nitrogens with zero attached hydrogens (tertiary/aromatic N) is 1. The average molecular weight is 558 g/mol. The van der Waals surface area contributed by atoms with Crippen molar-refractivity contribution >= 4 is 35.0 Å². The van der Waals surface area contributed by atoms with Gasteiger partial charge in [0.2, 0.25) is 5.95 Å². The molecule has 0 saturated carbocycles. The van der Waals surface area contributed by atoms with Crippen LogP contribution in [0.25, 0.3) is 5.57 Å². The number of aliphatic hydroxyl groups is 1. The summed E-state index contributed by atoms with van der Waals surface area (Å²) < 4.78 is 51.5. The van der Waals surface area contributed by atoms with E-state index in [0.717, 1.165) is 0 Å². The molecule has 3 rings (SSSR count). The number of allylic oxidation sites excluding steroid dienone is 1. The summed E-state index contributed by atoms with van der Waals surface area (Å²) in [4.78, 5) is 54.8. The van der Waals surface area contributed by atoms with E-state index in [-0.39, 0.29) is 30.2 Å². The normalized spacial score (nSPS) is 27.3. The van der Waals surface area contributed by atoms with Crippen molar-refractivity contribution in [3.8, 4) is 11.8 Å². The number of nitrogen functional groups attached to an aromatic ring is 1. The van der Waals surface area contributed by atoms with Crippen molar-refractivity contribution in [2.45, 2.75) is 30.7 Å². The molecule has 4 unspecified atom stereocenters. The van der Waals surface area contributed by atoms with E-state index in [2.05, 4.69) is 35.0 Å². The van der Waals surface area contributed by atoms with Crippen LogP contribution in [0.1, 0.15) is 23.6 Å². The van der Waals surface area contributed by atoms with Crippen LogP contribution in [0.15, 0.2) is 10.9 Å². The summed E-state index contributed by atoms with van der Waals surface area (Å²) in [5.74, 6) is 4.52. The first-order valence-corrected chi connectivity index (χ1v) is 14.1. The van der Waals surface area contributed by atoms with Crippen molar-refractivity contribution in [1.29, 1.82) is 0 Å². The number of fused-ring (bicyclic) bond motifs is 1. The molecule has 35 heavy (non-hydrogen) atoms. The summed E-state index contributed by atoms with van der Waals surface area (Å²) in [7, 11) is -16.6. The van der Waals surface area contributed by atoms with E-state index in [0.29, 0.717) is 5.57 Å². The number of phosphoric ester groups is 1. The molecule has 194 valence electrons. The average Bonchev–Trinajstić information content (AvgIpc) is 3.22. The fourth-order valence-corrected chi connectivity index (χ4v) is 6.53. The first-order chi connectivity index (χ1) is 16.1. The predicted molar refractivity (Wildman–Crippen MR) is 116 cm³/mol. The molecule has 1 fully saturated rings. The van der Waals surface area contributed by atoms with Gasteiger partial charge >= 0.3 is 23.5 Å². The van der Waals surface area contributed by atoms with E-state index >= 15 is 0 Å². The lowest BCUT2D eigenvalue weighted by Gasteiger charge is -2.20. The van der Waals surface area contributed by atoms with Crippen molar-refractivity contribution in [2.75, 3.05) is 18.9 Å². The second kappa shape index (κ2) is 10.3. The summed E-state index contributed by atoms with van der Waals surface area (Å²) in [6.07, 6.45) is -1.79. The highest BCUT2D eigenvalue weighted by Crippen LogP contribution is 2.66. The Morgan fingerprint density at radius 2 is 1.89 bits per heavy atom. The molecule has 1 aromatic rings. The number of ether oxygens (including phenoxy) is 1. The predicted octanol–water partition coefficient (Wildman–Crippen LogP) is -1.34. The number of nitrogens with one attached hydrogen (secondary N) is 1. The Morgan fingerprint density at radius 1 is 1.20 bits per heavy atom. The third kappa shape index (κ3) is 7.16. The molecule has 0 spiro atoms. The quantitative estimate of drug-likeness (QED) is 0.135. The van der Waals surface area contributed by atoms with Gasteiger partial charge in [-0.3, -0.25) is 14.3 Å². The molecule has 1 aliphatic heterocycles. The van der Waals surface area contributed by atoms with E-state index in [1.54, 1.807) is 6.08 Å². The molecule has 2 heterocycles. The second-order valence-electron chi connectivity index (χ2n) is 7.23. The maximum absolute atomic E-state index is 12.4. The molecule has 10 N–H and O–H groups in total. The zero-order chi connectivity index (χ0) is 26.2. The van der Waals surface area contributed by atoms with Crippen molar-refractivity contribution in [2.24, 2.45) is 5.73 Å². The molecule has 6 atom stereocenters. The lowest BCUT2D eigenvalue weighted by molar-refractivity contribution is -0.0246. The number of aromatic nitrogens is 2. The summed E-state index contributed by atoms with van der Waals surface area (Å²) >= 11 is 0. The van der Waals surface area contributed by atoms with Gasteiger partial charge in [-0.1, -0.05) is 17.9 Å². The first-order valence-electron chi connectivity index (χ1n) is 9.53. The fourth-order valence-electron chi connectivity index (χ4n) is 3.50. The summed E-state index contributed by atoms with van der Waals surface area (Å²) in [6.45, 7) is -0.811. The molecular weight excluding hydrogens is 537 g/mol. The number of hydrogen-bond donors (Lipinski definition) is 8. The van der Waals surface area contributed by atoms with E-state index in [4.69, 9.17) is 26.0 Å². The summed E-state index contributed by atoms with van der Waals surface area (Å²) in [5, 5.41) is 10.3. The molecule has 2 aliphatic rings. The van der Waals surface area contributed by atoms with Crippen LogP contribution in [0.4, 0.5) is 5.95 Å².